The van der Waals surface area contributed by atoms with E-state index < -0.39 is 0 Å². The first-order chi connectivity index (χ1) is 15.1. The van der Waals surface area contributed by atoms with E-state index in [-0.39, 0.29) is 5.91 Å². The minimum Gasteiger partial charge on any atom is -0.459 e. The summed E-state index contributed by atoms with van der Waals surface area (Å²) in [5.41, 5.74) is 3.65. The summed E-state index contributed by atoms with van der Waals surface area (Å²) in [5.74, 6) is 0.558. The van der Waals surface area contributed by atoms with Gasteiger partial charge in [-0.15, -0.1) is 0 Å². The Morgan fingerprint density at radius 1 is 1.10 bits per heavy atom. The predicted molar refractivity (Wildman–Crippen MR) is 122 cm³/mol. The van der Waals surface area contributed by atoms with Crippen molar-refractivity contribution in [3.63, 3.8) is 0 Å². The molecule has 3 aliphatic rings. The molecule has 1 amide bonds. The zero-order valence-electron chi connectivity index (χ0n) is 18.8. The highest BCUT2D eigenvalue weighted by atomic mass is 16.3. The first-order valence-electron chi connectivity index (χ1n) is 11.7. The number of rotatable bonds is 4. The number of fused-ring (bicyclic) bond motifs is 1. The zero-order chi connectivity index (χ0) is 21.4. The summed E-state index contributed by atoms with van der Waals surface area (Å²) >= 11 is 0. The lowest BCUT2D eigenvalue weighted by Crippen LogP contribution is -2.55. The number of anilines is 1. The maximum atomic E-state index is 13.3. The van der Waals surface area contributed by atoms with Crippen molar-refractivity contribution in [1.82, 2.24) is 14.7 Å². The summed E-state index contributed by atoms with van der Waals surface area (Å²) in [6.07, 6.45) is 5.27. The Balaban J connectivity index is 1.23. The molecule has 6 nitrogen and oxygen atoms in total. The molecule has 0 saturated carbocycles. The average molecular weight is 423 g/mol. The SMILES string of the molecule is CC1Cc2ccccc2N1Cc1ccoc1C(=O)N1CCN(C2CCCN(C)C2)CC1. The lowest BCUT2D eigenvalue weighted by atomic mass is 10.0. The molecule has 0 aliphatic carbocycles. The predicted octanol–water partition coefficient (Wildman–Crippen LogP) is 3.08. The molecule has 2 unspecified atom stereocenters. The van der Waals surface area contributed by atoms with Crippen LogP contribution in [-0.4, -0.2) is 79.0 Å². The number of hydrogen-bond acceptors (Lipinski definition) is 5. The molecule has 1 aromatic heterocycles. The summed E-state index contributed by atoms with van der Waals surface area (Å²) in [7, 11) is 2.21. The Morgan fingerprint density at radius 3 is 2.71 bits per heavy atom. The molecular formula is C25H34N4O2. The Labute approximate surface area is 185 Å². The number of piperidine rings is 1. The molecule has 0 spiro atoms. The van der Waals surface area contributed by atoms with Crippen LogP contribution in [0.5, 0.6) is 0 Å². The summed E-state index contributed by atoms with van der Waals surface area (Å²) in [5, 5.41) is 0. The van der Waals surface area contributed by atoms with Crippen molar-refractivity contribution in [2.75, 3.05) is 51.2 Å². The minimum atomic E-state index is 0.0422. The van der Waals surface area contributed by atoms with Crippen LogP contribution >= 0.6 is 0 Å². The van der Waals surface area contributed by atoms with E-state index in [9.17, 15) is 4.79 Å². The molecule has 2 fully saturated rings. The van der Waals surface area contributed by atoms with Gasteiger partial charge >= 0.3 is 0 Å². The number of nitrogens with zero attached hydrogens (tertiary/aromatic N) is 4. The molecule has 6 heteroatoms. The van der Waals surface area contributed by atoms with Gasteiger partial charge in [0.05, 0.1) is 6.26 Å². The van der Waals surface area contributed by atoms with Crippen molar-refractivity contribution in [2.24, 2.45) is 0 Å². The van der Waals surface area contributed by atoms with Gasteiger partial charge in [0.25, 0.3) is 5.91 Å². The van der Waals surface area contributed by atoms with E-state index in [4.69, 9.17) is 4.42 Å². The highest BCUT2D eigenvalue weighted by molar-refractivity contribution is 5.93. The van der Waals surface area contributed by atoms with E-state index in [0.29, 0.717) is 24.4 Å². The highest BCUT2D eigenvalue weighted by Gasteiger charge is 2.32. The molecule has 0 bridgehead atoms. The normalized spacial score (nSPS) is 25.1. The first kappa shape index (κ1) is 20.6. The second-order valence-corrected chi connectivity index (χ2v) is 9.47. The quantitative estimate of drug-likeness (QED) is 0.758. The summed E-state index contributed by atoms with van der Waals surface area (Å²) in [6.45, 7) is 8.79. The fraction of sp³-hybridized carbons (Fsp3) is 0.560. The fourth-order valence-electron chi connectivity index (χ4n) is 5.57. The van der Waals surface area contributed by atoms with Crippen LogP contribution in [0, 0.1) is 0 Å². The van der Waals surface area contributed by atoms with Crippen molar-refractivity contribution in [1.29, 1.82) is 0 Å². The van der Waals surface area contributed by atoms with Gasteiger partial charge in [-0.3, -0.25) is 9.69 Å². The summed E-state index contributed by atoms with van der Waals surface area (Å²) in [6, 6.07) is 11.6. The molecule has 166 valence electrons. The number of para-hydroxylation sites is 1. The van der Waals surface area contributed by atoms with Gasteiger partial charge in [0.1, 0.15) is 0 Å². The van der Waals surface area contributed by atoms with E-state index in [1.807, 2.05) is 11.0 Å². The van der Waals surface area contributed by atoms with Crippen LogP contribution in [0.25, 0.3) is 0 Å². The Morgan fingerprint density at radius 2 is 1.90 bits per heavy atom. The van der Waals surface area contributed by atoms with Crippen LogP contribution in [-0.2, 0) is 13.0 Å². The second-order valence-electron chi connectivity index (χ2n) is 9.47. The van der Waals surface area contributed by atoms with Gasteiger partial charge in [-0.25, -0.2) is 0 Å². The van der Waals surface area contributed by atoms with Crippen molar-refractivity contribution < 1.29 is 9.21 Å². The van der Waals surface area contributed by atoms with Gasteiger partial charge in [-0.05, 0) is 57.5 Å². The van der Waals surface area contributed by atoms with E-state index in [2.05, 4.69) is 52.9 Å². The number of furan rings is 1. The maximum absolute atomic E-state index is 13.3. The van der Waals surface area contributed by atoms with Crippen LogP contribution < -0.4 is 4.90 Å². The number of hydrogen-bond donors (Lipinski definition) is 0. The van der Waals surface area contributed by atoms with Gasteiger partial charge in [-0.1, -0.05) is 18.2 Å². The fourth-order valence-corrected chi connectivity index (χ4v) is 5.57. The van der Waals surface area contributed by atoms with Gasteiger partial charge in [0, 0.05) is 62.6 Å². The van der Waals surface area contributed by atoms with Crippen molar-refractivity contribution >= 4 is 11.6 Å². The van der Waals surface area contributed by atoms with Crippen molar-refractivity contribution in [3.8, 4) is 0 Å². The molecule has 31 heavy (non-hydrogen) atoms. The number of piperazine rings is 1. The molecule has 2 atom stereocenters. The molecule has 2 saturated heterocycles. The van der Waals surface area contributed by atoms with Crippen molar-refractivity contribution in [3.05, 3.63) is 53.5 Å². The standard InChI is InChI=1S/C25H34N4O2/c1-19-16-20-6-3-4-8-23(20)29(19)17-21-9-15-31-24(21)25(30)28-13-11-27(12-14-28)22-7-5-10-26(2)18-22/h3-4,6,8-9,15,19,22H,5,7,10-14,16-18H2,1-2H3. The number of carbonyl (C=O) groups is 1. The molecule has 1 aromatic carbocycles. The molecule has 5 rings (SSSR count). The van der Waals surface area contributed by atoms with Crippen LogP contribution in [0.4, 0.5) is 5.69 Å². The third-order valence-corrected chi connectivity index (χ3v) is 7.35. The average Bonchev–Trinajstić information content (AvgIpc) is 3.38. The molecular weight excluding hydrogens is 388 g/mol. The van der Waals surface area contributed by atoms with Crippen LogP contribution in [0.3, 0.4) is 0 Å². The van der Waals surface area contributed by atoms with E-state index in [1.165, 1.54) is 30.6 Å². The lowest BCUT2D eigenvalue weighted by molar-refractivity contribution is 0.0430. The second kappa shape index (κ2) is 8.67. The van der Waals surface area contributed by atoms with Crippen LogP contribution in [0.15, 0.2) is 41.0 Å². The van der Waals surface area contributed by atoms with E-state index in [1.54, 1.807) is 6.26 Å². The van der Waals surface area contributed by atoms with Gasteiger partial charge < -0.3 is 19.1 Å². The van der Waals surface area contributed by atoms with Gasteiger partial charge in [0.2, 0.25) is 0 Å². The monoisotopic (exact) mass is 422 g/mol. The third-order valence-electron chi connectivity index (χ3n) is 7.35. The Kier molecular flexibility index (Phi) is 5.76. The molecule has 2 aromatic rings. The zero-order valence-corrected chi connectivity index (χ0v) is 18.8. The topological polar surface area (TPSA) is 43.2 Å². The number of carbonyl (C=O) groups excluding carboxylic acids is 1. The van der Waals surface area contributed by atoms with Crippen LogP contribution in [0.2, 0.25) is 0 Å². The highest BCUT2D eigenvalue weighted by Crippen LogP contribution is 2.33. The number of likely N-dealkylation sites (N-methyl/N-ethyl adjacent to an activating group) is 1. The van der Waals surface area contributed by atoms with E-state index >= 15 is 0 Å². The minimum absolute atomic E-state index is 0.0422. The van der Waals surface area contributed by atoms with Crippen LogP contribution in [0.1, 0.15) is 41.4 Å². The third kappa shape index (κ3) is 4.11. The number of likely N-dealkylation sites (tertiary alicyclic amines) is 1. The summed E-state index contributed by atoms with van der Waals surface area (Å²) < 4.78 is 5.73. The largest absolute Gasteiger partial charge is 0.459 e. The van der Waals surface area contributed by atoms with Gasteiger partial charge in [0.15, 0.2) is 5.76 Å². The first-order valence-corrected chi connectivity index (χ1v) is 11.7. The molecule has 0 N–H and O–H groups in total. The number of amides is 1. The Hall–Kier alpha value is -2.31. The van der Waals surface area contributed by atoms with Gasteiger partial charge in [-0.2, -0.15) is 0 Å². The molecule has 4 heterocycles. The lowest BCUT2D eigenvalue weighted by Gasteiger charge is -2.42. The maximum Gasteiger partial charge on any atom is 0.289 e. The number of benzene rings is 1. The van der Waals surface area contributed by atoms with E-state index in [0.717, 1.165) is 44.7 Å². The Bertz CT molecular complexity index is 918. The summed E-state index contributed by atoms with van der Waals surface area (Å²) in [4.78, 5) is 22.7. The molecule has 3 aliphatic heterocycles. The van der Waals surface area contributed by atoms with Crippen molar-refractivity contribution in [2.45, 2.75) is 44.8 Å². The molecule has 0 radical (unpaired) electrons. The smallest absolute Gasteiger partial charge is 0.289 e.